The summed E-state index contributed by atoms with van der Waals surface area (Å²) in [6.45, 7) is 3.14. The molecule has 4 nitrogen and oxygen atoms in total. The molecule has 4 rings (SSSR count). The molecule has 1 saturated carbocycles. The normalized spacial score (nSPS) is 20.9. The highest BCUT2D eigenvalue weighted by atomic mass is 35.5. The van der Waals surface area contributed by atoms with Crippen LogP contribution in [0.5, 0.6) is 11.5 Å². The van der Waals surface area contributed by atoms with Gasteiger partial charge in [-0.2, -0.15) is 0 Å². The van der Waals surface area contributed by atoms with Gasteiger partial charge in [-0.15, -0.1) is 0 Å². The highest BCUT2D eigenvalue weighted by Crippen LogP contribution is 2.57. The largest absolute Gasteiger partial charge is 0.486 e. The van der Waals surface area contributed by atoms with Crippen LogP contribution in [0.4, 0.5) is 0 Å². The lowest BCUT2D eigenvalue weighted by Crippen LogP contribution is -2.17. The van der Waals surface area contributed by atoms with Crippen molar-refractivity contribution in [1.82, 2.24) is 4.98 Å². The molecule has 20 heavy (non-hydrogen) atoms. The molecule has 1 aromatic heterocycles. The molecule has 1 fully saturated rings. The topological polar surface area (TPSA) is 51.6 Å². The Bertz CT molecular complexity index is 695. The Labute approximate surface area is 125 Å². The van der Waals surface area contributed by atoms with Crippen LogP contribution >= 0.6 is 22.9 Å². The number of rotatable bonds is 2. The molecule has 2 aliphatic rings. The molecule has 1 N–H and O–H groups in total. The van der Waals surface area contributed by atoms with Crippen molar-refractivity contribution >= 4 is 33.2 Å². The SMILES string of the molecule is CC1(C(O)c2cc3c(c4sc(Cl)nc24)OCCO3)CC1. The Morgan fingerprint density at radius 1 is 1.40 bits per heavy atom. The maximum atomic E-state index is 10.7. The van der Waals surface area contributed by atoms with E-state index in [9.17, 15) is 5.11 Å². The van der Waals surface area contributed by atoms with Crippen LogP contribution in [0.1, 0.15) is 31.4 Å². The minimum atomic E-state index is -0.543. The van der Waals surface area contributed by atoms with Gasteiger partial charge in [0.05, 0.1) is 11.6 Å². The van der Waals surface area contributed by atoms with Crippen LogP contribution in [0.3, 0.4) is 0 Å². The van der Waals surface area contributed by atoms with Crippen LogP contribution in [0, 0.1) is 5.41 Å². The highest BCUT2D eigenvalue weighted by Gasteiger charge is 2.46. The average Bonchev–Trinajstić information content (AvgIpc) is 3.07. The number of benzene rings is 1. The molecule has 0 spiro atoms. The maximum Gasteiger partial charge on any atom is 0.184 e. The third-order valence-electron chi connectivity index (χ3n) is 4.17. The Morgan fingerprint density at radius 2 is 2.15 bits per heavy atom. The van der Waals surface area contributed by atoms with Crippen LogP contribution in [-0.4, -0.2) is 23.3 Å². The Kier molecular flexibility index (Phi) is 2.68. The summed E-state index contributed by atoms with van der Waals surface area (Å²) in [5.41, 5.74) is 1.49. The van der Waals surface area contributed by atoms with Gasteiger partial charge in [0.1, 0.15) is 17.9 Å². The molecule has 1 aromatic carbocycles. The second-order valence-corrected chi connectivity index (χ2v) is 7.27. The second-order valence-electron chi connectivity index (χ2n) is 5.69. The monoisotopic (exact) mass is 311 g/mol. The van der Waals surface area contributed by atoms with Crippen LogP contribution < -0.4 is 9.47 Å². The smallest absolute Gasteiger partial charge is 0.184 e. The first-order valence-electron chi connectivity index (χ1n) is 6.65. The van der Waals surface area contributed by atoms with Crippen molar-refractivity contribution in [2.75, 3.05) is 13.2 Å². The standard InChI is InChI=1S/C14H14ClNO3S/c1-14(2-3-14)12(17)7-6-8-10(19-5-4-18-8)11-9(7)16-13(15)20-11/h6,12,17H,2-5H2,1H3. The number of hydrogen-bond donors (Lipinski definition) is 1. The molecule has 2 heterocycles. The van der Waals surface area contributed by atoms with E-state index in [1.54, 1.807) is 0 Å². The lowest BCUT2D eigenvalue weighted by molar-refractivity contribution is 0.104. The van der Waals surface area contributed by atoms with E-state index in [2.05, 4.69) is 11.9 Å². The van der Waals surface area contributed by atoms with Crippen molar-refractivity contribution in [2.45, 2.75) is 25.9 Å². The van der Waals surface area contributed by atoms with E-state index in [0.29, 0.717) is 29.2 Å². The van der Waals surface area contributed by atoms with Crippen LogP contribution in [0.25, 0.3) is 10.2 Å². The van der Waals surface area contributed by atoms with Gasteiger partial charge >= 0.3 is 0 Å². The third kappa shape index (κ3) is 1.80. The molecule has 0 amide bonds. The van der Waals surface area contributed by atoms with Crippen LogP contribution in [0.15, 0.2) is 6.07 Å². The number of thiazole rings is 1. The summed E-state index contributed by atoms with van der Waals surface area (Å²) in [4.78, 5) is 4.37. The quantitative estimate of drug-likeness (QED) is 0.921. The molecule has 1 aliphatic carbocycles. The summed E-state index contributed by atoms with van der Waals surface area (Å²) in [6, 6.07) is 1.86. The van der Waals surface area contributed by atoms with Crippen LogP contribution in [-0.2, 0) is 0 Å². The van der Waals surface area contributed by atoms with Gasteiger partial charge in [0.2, 0.25) is 0 Å². The number of aliphatic hydroxyl groups excluding tert-OH is 1. The van der Waals surface area contributed by atoms with E-state index in [1.165, 1.54) is 11.3 Å². The van der Waals surface area contributed by atoms with Gasteiger partial charge in [-0.3, -0.25) is 0 Å². The number of hydrogen-bond acceptors (Lipinski definition) is 5. The molecule has 1 atom stereocenters. The van der Waals surface area contributed by atoms with E-state index in [-0.39, 0.29) is 5.41 Å². The molecular weight excluding hydrogens is 298 g/mol. The van der Waals surface area contributed by atoms with Gasteiger partial charge < -0.3 is 14.6 Å². The number of aliphatic hydroxyl groups is 1. The first-order chi connectivity index (χ1) is 9.58. The van der Waals surface area contributed by atoms with Crippen molar-refractivity contribution in [3.63, 3.8) is 0 Å². The predicted molar refractivity (Wildman–Crippen MR) is 77.9 cm³/mol. The number of aromatic nitrogens is 1. The lowest BCUT2D eigenvalue weighted by Gasteiger charge is -2.23. The van der Waals surface area contributed by atoms with Crippen molar-refractivity contribution < 1.29 is 14.6 Å². The van der Waals surface area contributed by atoms with Gasteiger partial charge in [0, 0.05) is 5.56 Å². The minimum Gasteiger partial charge on any atom is -0.486 e. The fourth-order valence-electron chi connectivity index (χ4n) is 2.62. The summed E-state index contributed by atoms with van der Waals surface area (Å²) in [5, 5.41) is 10.7. The fraction of sp³-hybridized carbons (Fsp3) is 0.500. The lowest BCUT2D eigenvalue weighted by atomic mass is 9.93. The summed E-state index contributed by atoms with van der Waals surface area (Å²) in [7, 11) is 0. The highest BCUT2D eigenvalue weighted by molar-refractivity contribution is 7.22. The van der Waals surface area contributed by atoms with Crippen molar-refractivity contribution in [1.29, 1.82) is 0 Å². The van der Waals surface area contributed by atoms with E-state index >= 15 is 0 Å². The van der Waals surface area contributed by atoms with Gasteiger partial charge in [-0.05, 0) is 24.3 Å². The van der Waals surface area contributed by atoms with Gasteiger partial charge in [-0.1, -0.05) is 29.9 Å². The molecule has 0 radical (unpaired) electrons. The van der Waals surface area contributed by atoms with Crippen LogP contribution in [0.2, 0.25) is 4.47 Å². The van der Waals surface area contributed by atoms with E-state index in [0.717, 1.165) is 28.6 Å². The van der Waals surface area contributed by atoms with Gasteiger partial charge in [0.15, 0.2) is 16.0 Å². The zero-order chi connectivity index (χ0) is 13.9. The fourth-order valence-corrected chi connectivity index (χ4v) is 3.76. The van der Waals surface area contributed by atoms with Crippen molar-refractivity contribution in [3.05, 3.63) is 16.1 Å². The molecule has 1 aliphatic heterocycles. The first kappa shape index (κ1) is 12.7. The first-order valence-corrected chi connectivity index (χ1v) is 7.84. The van der Waals surface area contributed by atoms with Crippen molar-refractivity contribution in [2.24, 2.45) is 5.41 Å². The average molecular weight is 312 g/mol. The Morgan fingerprint density at radius 3 is 2.90 bits per heavy atom. The number of fused-ring (bicyclic) bond motifs is 3. The van der Waals surface area contributed by atoms with Gasteiger partial charge in [-0.25, -0.2) is 4.98 Å². The van der Waals surface area contributed by atoms with E-state index in [1.807, 2.05) is 6.07 Å². The second kappa shape index (κ2) is 4.23. The molecule has 0 bridgehead atoms. The van der Waals surface area contributed by atoms with Crippen molar-refractivity contribution in [3.8, 4) is 11.5 Å². The number of ether oxygens (including phenoxy) is 2. The molecule has 1 unspecified atom stereocenters. The Balaban J connectivity index is 1.96. The summed E-state index contributed by atoms with van der Waals surface area (Å²) < 4.78 is 12.7. The summed E-state index contributed by atoms with van der Waals surface area (Å²) >= 11 is 7.43. The maximum absolute atomic E-state index is 10.7. The third-order valence-corrected chi connectivity index (χ3v) is 5.33. The number of halogens is 1. The van der Waals surface area contributed by atoms with Gasteiger partial charge in [0.25, 0.3) is 0 Å². The molecule has 2 aromatic rings. The summed E-state index contributed by atoms with van der Waals surface area (Å²) in [6.07, 6.45) is 1.52. The predicted octanol–water partition coefficient (Wildman–Crippen LogP) is 3.55. The Hall–Kier alpha value is -1.04. The molecule has 0 saturated heterocycles. The molecule has 6 heteroatoms. The summed E-state index contributed by atoms with van der Waals surface area (Å²) in [5.74, 6) is 1.38. The van der Waals surface area contributed by atoms with E-state index < -0.39 is 6.10 Å². The number of nitrogens with zero attached hydrogens (tertiary/aromatic N) is 1. The molecular formula is C14H14ClNO3S. The molecule has 106 valence electrons. The zero-order valence-electron chi connectivity index (χ0n) is 11.0. The minimum absolute atomic E-state index is 0.0488. The van der Waals surface area contributed by atoms with E-state index in [4.69, 9.17) is 21.1 Å². The zero-order valence-corrected chi connectivity index (χ0v) is 12.6.